The highest BCUT2D eigenvalue weighted by molar-refractivity contribution is 5.77. The lowest BCUT2D eigenvalue weighted by molar-refractivity contribution is 0.0175. The third-order valence-corrected chi connectivity index (χ3v) is 2.86. The highest BCUT2D eigenvalue weighted by Crippen LogP contribution is 2.29. The lowest BCUT2D eigenvalue weighted by Crippen LogP contribution is -2.06. The van der Waals surface area contributed by atoms with E-state index >= 15 is 0 Å². The van der Waals surface area contributed by atoms with E-state index in [1.54, 1.807) is 12.1 Å². The normalized spacial score (nSPS) is 12.6. The third-order valence-electron chi connectivity index (χ3n) is 2.86. The van der Waals surface area contributed by atoms with Gasteiger partial charge in [-0.05, 0) is 30.1 Å². The molecular formula is C15H18F2. The standard InChI is InChI=1S/C15H18F2/c1-5-12(6-2)11(3)13-7-9-14(10-8-13)15(4,16)17/h5,7-10H,3,6H2,1-2,4H3/b12-5-. The predicted molar refractivity (Wildman–Crippen MR) is 69.1 cm³/mol. The molecule has 0 unspecified atom stereocenters. The summed E-state index contributed by atoms with van der Waals surface area (Å²) in [4.78, 5) is 0. The van der Waals surface area contributed by atoms with Crippen molar-refractivity contribution in [2.45, 2.75) is 33.1 Å². The quantitative estimate of drug-likeness (QED) is 0.633. The van der Waals surface area contributed by atoms with Crippen LogP contribution in [0.25, 0.3) is 5.57 Å². The van der Waals surface area contributed by atoms with Crippen molar-refractivity contribution < 1.29 is 8.78 Å². The lowest BCUT2D eigenvalue weighted by atomic mass is 9.96. The molecule has 0 aliphatic heterocycles. The zero-order chi connectivity index (χ0) is 13.1. The molecule has 17 heavy (non-hydrogen) atoms. The molecule has 0 heterocycles. The van der Waals surface area contributed by atoms with Crippen LogP contribution in [0.2, 0.25) is 0 Å². The van der Waals surface area contributed by atoms with Gasteiger partial charge in [0.1, 0.15) is 0 Å². The highest BCUT2D eigenvalue weighted by atomic mass is 19.3. The zero-order valence-electron chi connectivity index (χ0n) is 10.6. The molecule has 0 saturated heterocycles. The molecule has 0 radical (unpaired) electrons. The number of halogens is 2. The van der Waals surface area contributed by atoms with E-state index in [-0.39, 0.29) is 5.56 Å². The first-order chi connectivity index (χ1) is 7.90. The number of alkyl halides is 2. The van der Waals surface area contributed by atoms with Crippen LogP contribution in [0.3, 0.4) is 0 Å². The van der Waals surface area contributed by atoms with Crippen molar-refractivity contribution in [3.05, 3.63) is 53.6 Å². The Labute approximate surface area is 102 Å². The van der Waals surface area contributed by atoms with Crippen LogP contribution in [0, 0.1) is 0 Å². The van der Waals surface area contributed by atoms with Gasteiger partial charge in [0.2, 0.25) is 0 Å². The van der Waals surface area contributed by atoms with Crippen molar-refractivity contribution >= 4 is 5.57 Å². The van der Waals surface area contributed by atoms with E-state index in [0.717, 1.165) is 30.1 Å². The van der Waals surface area contributed by atoms with Crippen LogP contribution in [0.5, 0.6) is 0 Å². The van der Waals surface area contributed by atoms with Crippen molar-refractivity contribution in [1.82, 2.24) is 0 Å². The summed E-state index contributed by atoms with van der Waals surface area (Å²) in [6, 6.07) is 6.33. The van der Waals surface area contributed by atoms with Gasteiger partial charge in [-0.15, -0.1) is 0 Å². The Hall–Kier alpha value is -1.44. The molecule has 1 aromatic carbocycles. The largest absolute Gasteiger partial charge is 0.270 e. The van der Waals surface area contributed by atoms with Gasteiger partial charge in [0, 0.05) is 12.5 Å². The summed E-state index contributed by atoms with van der Waals surface area (Å²) in [5.74, 6) is -2.78. The molecule has 0 bridgehead atoms. The Balaban J connectivity index is 3.00. The fourth-order valence-electron chi connectivity index (χ4n) is 1.74. The van der Waals surface area contributed by atoms with Crippen LogP contribution in [0.4, 0.5) is 8.78 Å². The van der Waals surface area contributed by atoms with Gasteiger partial charge < -0.3 is 0 Å². The molecule has 0 spiro atoms. The van der Waals surface area contributed by atoms with E-state index in [9.17, 15) is 8.78 Å². The van der Waals surface area contributed by atoms with Crippen LogP contribution in [-0.2, 0) is 5.92 Å². The summed E-state index contributed by atoms with van der Waals surface area (Å²) < 4.78 is 26.1. The molecule has 0 aliphatic rings. The van der Waals surface area contributed by atoms with Crippen molar-refractivity contribution in [3.8, 4) is 0 Å². The summed E-state index contributed by atoms with van der Waals surface area (Å²) in [6.07, 6.45) is 2.89. The van der Waals surface area contributed by atoms with Gasteiger partial charge in [0.05, 0.1) is 0 Å². The molecule has 0 N–H and O–H groups in total. The molecule has 0 amide bonds. The maximum atomic E-state index is 13.0. The van der Waals surface area contributed by atoms with Crippen molar-refractivity contribution in [2.24, 2.45) is 0 Å². The first kappa shape index (κ1) is 13.6. The number of benzene rings is 1. The van der Waals surface area contributed by atoms with Gasteiger partial charge in [-0.1, -0.05) is 43.8 Å². The van der Waals surface area contributed by atoms with E-state index in [2.05, 4.69) is 13.5 Å². The number of allylic oxidation sites excluding steroid dienone is 3. The number of hydrogen-bond donors (Lipinski definition) is 0. The van der Waals surface area contributed by atoms with Crippen LogP contribution < -0.4 is 0 Å². The van der Waals surface area contributed by atoms with Gasteiger partial charge in [0.25, 0.3) is 5.92 Å². The first-order valence-electron chi connectivity index (χ1n) is 5.73. The summed E-state index contributed by atoms with van der Waals surface area (Å²) >= 11 is 0. The average Bonchev–Trinajstić information content (AvgIpc) is 2.29. The Morgan fingerprint density at radius 2 is 1.82 bits per heavy atom. The third kappa shape index (κ3) is 3.26. The van der Waals surface area contributed by atoms with Crippen LogP contribution >= 0.6 is 0 Å². The average molecular weight is 236 g/mol. The zero-order valence-corrected chi connectivity index (χ0v) is 10.6. The summed E-state index contributed by atoms with van der Waals surface area (Å²) in [5.41, 5.74) is 2.97. The van der Waals surface area contributed by atoms with Gasteiger partial charge in [-0.2, -0.15) is 0 Å². The number of rotatable bonds is 4. The van der Waals surface area contributed by atoms with E-state index in [4.69, 9.17) is 0 Å². The molecule has 0 fully saturated rings. The van der Waals surface area contributed by atoms with Crippen molar-refractivity contribution in [3.63, 3.8) is 0 Å². The second-order valence-electron chi connectivity index (χ2n) is 4.11. The van der Waals surface area contributed by atoms with Gasteiger partial charge >= 0.3 is 0 Å². The molecule has 0 atom stereocenters. The van der Waals surface area contributed by atoms with Gasteiger partial charge in [0.15, 0.2) is 0 Å². The molecule has 0 aliphatic carbocycles. The second-order valence-corrected chi connectivity index (χ2v) is 4.11. The lowest BCUT2D eigenvalue weighted by Gasteiger charge is -2.13. The Kier molecular flexibility index (Phi) is 4.22. The minimum Gasteiger partial charge on any atom is -0.202 e. The monoisotopic (exact) mass is 236 g/mol. The first-order valence-corrected chi connectivity index (χ1v) is 5.73. The maximum absolute atomic E-state index is 13.0. The topological polar surface area (TPSA) is 0 Å². The highest BCUT2D eigenvalue weighted by Gasteiger charge is 2.23. The Morgan fingerprint density at radius 3 is 2.18 bits per heavy atom. The minimum atomic E-state index is -2.78. The molecule has 2 heteroatoms. The maximum Gasteiger partial charge on any atom is 0.270 e. The van der Waals surface area contributed by atoms with Crippen LogP contribution in [-0.4, -0.2) is 0 Å². The SMILES string of the molecule is C=C(/C(=C\C)CC)c1ccc(C(C)(F)F)cc1. The minimum absolute atomic E-state index is 0.0348. The summed E-state index contributed by atoms with van der Waals surface area (Å²) in [6.45, 7) is 8.91. The van der Waals surface area contributed by atoms with Crippen LogP contribution in [0.15, 0.2) is 42.5 Å². The van der Waals surface area contributed by atoms with Crippen molar-refractivity contribution in [2.75, 3.05) is 0 Å². The Bertz CT molecular complexity index is 419. The van der Waals surface area contributed by atoms with E-state index in [0.29, 0.717) is 0 Å². The van der Waals surface area contributed by atoms with E-state index in [1.165, 1.54) is 12.1 Å². The number of hydrogen-bond acceptors (Lipinski definition) is 0. The molecular weight excluding hydrogens is 218 g/mol. The summed E-state index contributed by atoms with van der Waals surface area (Å²) in [7, 11) is 0. The smallest absolute Gasteiger partial charge is 0.202 e. The fraction of sp³-hybridized carbons (Fsp3) is 0.333. The van der Waals surface area contributed by atoms with E-state index in [1.807, 2.05) is 13.0 Å². The van der Waals surface area contributed by atoms with Gasteiger partial charge in [-0.3, -0.25) is 0 Å². The predicted octanol–water partition coefficient (Wildman–Crippen LogP) is 5.17. The Morgan fingerprint density at radius 1 is 1.29 bits per heavy atom. The fourth-order valence-corrected chi connectivity index (χ4v) is 1.74. The molecule has 92 valence electrons. The van der Waals surface area contributed by atoms with Gasteiger partial charge in [-0.25, -0.2) is 8.78 Å². The molecule has 1 rings (SSSR count). The van der Waals surface area contributed by atoms with E-state index < -0.39 is 5.92 Å². The van der Waals surface area contributed by atoms with Crippen LogP contribution in [0.1, 0.15) is 38.3 Å². The molecule has 0 saturated carbocycles. The molecule has 0 nitrogen and oxygen atoms in total. The van der Waals surface area contributed by atoms with Crippen molar-refractivity contribution in [1.29, 1.82) is 0 Å². The molecule has 0 aromatic heterocycles. The summed E-state index contributed by atoms with van der Waals surface area (Å²) in [5, 5.41) is 0. The molecule has 1 aromatic rings. The second kappa shape index (κ2) is 5.26.